The maximum absolute atomic E-state index is 13.1. The van der Waals surface area contributed by atoms with Crippen LogP contribution >= 0.6 is 11.6 Å². The Morgan fingerprint density at radius 3 is 1.06 bits per heavy atom. The highest BCUT2D eigenvalue weighted by Gasteiger charge is 2.30. The quantitative estimate of drug-likeness (QED) is 0.0105. The smallest absolute Gasteiger partial charge is 0.326 e. The molecule has 0 atom stereocenters. The van der Waals surface area contributed by atoms with E-state index in [0.717, 1.165) is 51.6 Å². The number of imidazole rings is 5. The number of fused-ring (bicyclic) bond motifs is 5. The van der Waals surface area contributed by atoms with Gasteiger partial charge in [0.25, 0.3) is 11.8 Å². The zero-order chi connectivity index (χ0) is 98.4. The second-order valence-corrected chi connectivity index (χ2v) is 34.2. The number of hydrogen-bond acceptors (Lipinski definition) is 37. The number of amides is 3. The van der Waals surface area contributed by atoms with Gasteiger partial charge in [0.05, 0.1) is 104 Å². The summed E-state index contributed by atoms with van der Waals surface area (Å²) >= 11 is 5.85. The lowest BCUT2D eigenvalue weighted by Crippen LogP contribution is -2.37. The van der Waals surface area contributed by atoms with Crippen molar-refractivity contribution < 1.29 is 76.3 Å². The van der Waals surface area contributed by atoms with Crippen molar-refractivity contribution in [3.8, 4) is 0 Å². The molecule has 0 unspecified atom stereocenters. The van der Waals surface area contributed by atoms with Crippen molar-refractivity contribution in [1.29, 1.82) is 0 Å². The number of ether oxygens (including phenoxy) is 8. The SMILES string of the molecule is CCCCNc1nc(NC(=O)c2ccc(C3CCCCC3)cc2)nc2c1ncn2CC(=O)OCC.CCOC(=O)Cn1cnc2c(Cl)nc(N)nc21.CCOC(=O)Cn1cnc2c(N3CCOCC3)nc(N)nc21.CCOC(=O)Cn1cnc2c(N3CCOCC3)nc(NC(=O)C3CCCCC3)nc21.CCOC(=O)Cn1cnc2c(N3CCOCC3)nc(NC(=O)c3ccc(C4CCCCC4)cc3)nc21. The van der Waals surface area contributed by atoms with Gasteiger partial charge in [-0.05, 0) is 127 Å². The van der Waals surface area contributed by atoms with Crippen LogP contribution in [0.25, 0.3) is 55.8 Å². The largest absolute Gasteiger partial charge is 0.465 e. The number of nitrogens with two attached hydrogens (primary N) is 2. The molecular formula is C94H122ClN29O16. The monoisotopic (exact) mass is 1950 g/mol. The molecule has 18 rings (SSSR count). The van der Waals surface area contributed by atoms with Crippen LogP contribution < -0.4 is 47.4 Å². The van der Waals surface area contributed by atoms with Crippen molar-refractivity contribution in [2.24, 2.45) is 5.92 Å². The van der Waals surface area contributed by atoms with Gasteiger partial charge in [-0.25, -0.2) is 24.9 Å². The van der Waals surface area contributed by atoms with E-state index in [1.807, 2.05) is 24.3 Å². The Kier molecular flexibility index (Phi) is 36.7. The molecule has 10 aromatic heterocycles. The number of carbonyl (C=O) groups is 8. The minimum absolute atomic E-state index is 0.0000835. The van der Waals surface area contributed by atoms with E-state index in [1.165, 1.54) is 99.0 Å². The van der Waals surface area contributed by atoms with Crippen molar-refractivity contribution in [3.05, 3.63) is 108 Å². The molecule has 0 spiro atoms. The van der Waals surface area contributed by atoms with E-state index in [2.05, 4.69) is 142 Å². The third-order valence-electron chi connectivity index (χ3n) is 24.2. The second kappa shape index (κ2) is 50.5. The Labute approximate surface area is 812 Å². The molecule has 140 heavy (non-hydrogen) atoms. The Bertz CT molecular complexity index is 6210. The van der Waals surface area contributed by atoms with E-state index in [0.29, 0.717) is 207 Å². The van der Waals surface area contributed by atoms with Gasteiger partial charge in [0.1, 0.15) is 38.2 Å². The number of nitrogens with one attached hydrogen (secondary N) is 4. The van der Waals surface area contributed by atoms with Gasteiger partial charge in [-0.1, -0.05) is 107 Å². The lowest BCUT2D eigenvalue weighted by Gasteiger charge is -2.28. The van der Waals surface area contributed by atoms with E-state index < -0.39 is 0 Å². The van der Waals surface area contributed by atoms with Crippen molar-refractivity contribution in [1.82, 2.24) is 97.6 Å². The van der Waals surface area contributed by atoms with Crippen molar-refractivity contribution in [2.45, 2.75) is 195 Å². The molecule has 6 fully saturated rings. The molecule has 8 N–H and O–H groups in total. The number of halogens is 1. The fourth-order valence-corrected chi connectivity index (χ4v) is 17.5. The molecule has 746 valence electrons. The number of nitrogen functional groups attached to an aromatic ring is 2. The van der Waals surface area contributed by atoms with Crippen molar-refractivity contribution in [2.75, 3.05) is 166 Å². The first-order valence-corrected chi connectivity index (χ1v) is 48.5. The average Bonchev–Trinajstić information content (AvgIpc) is 1.62. The van der Waals surface area contributed by atoms with Gasteiger partial charge in [0.15, 0.2) is 78.7 Å². The number of hydrogen-bond donors (Lipinski definition) is 6. The molecule has 0 bridgehead atoms. The number of benzene rings is 2. The van der Waals surface area contributed by atoms with E-state index in [4.69, 9.17) is 61.0 Å². The van der Waals surface area contributed by atoms with E-state index in [9.17, 15) is 38.4 Å². The van der Waals surface area contributed by atoms with Crippen LogP contribution in [0.4, 0.5) is 53.0 Å². The number of carbonyl (C=O) groups excluding carboxylic acids is 8. The number of aromatic nitrogens is 20. The van der Waals surface area contributed by atoms with Crippen LogP contribution in [0.1, 0.15) is 194 Å². The summed E-state index contributed by atoms with van der Waals surface area (Å²) in [4.78, 5) is 169. The highest BCUT2D eigenvalue weighted by atomic mass is 35.5. The summed E-state index contributed by atoms with van der Waals surface area (Å²) in [5, 5.41) is 12.0. The summed E-state index contributed by atoms with van der Waals surface area (Å²) in [5.74, 6) is 1.90. The third-order valence-corrected chi connectivity index (χ3v) is 24.5. The summed E-state index contributed by atoms with van der Waals surface area (Å²) in [5.41, 5.74) is 20.1. The topological polar surface area (TPSA) is 538 Å². The molecule has 12 aromatic rings. The lowest BCUT2D eigenvalue weighted by atomic mass is 9.84. The molecular weight excluding hydrogens is 1830 g/mol. The fraction of sp³-hybridized carbons (Fsp3) is 0.521. The van der Waals surface area contributed by atoms with Crippen LogP contribution in [0, 0.1) is 5.92 Å². The number of anilines is 9. The molecule has 3 aliphatic heterocycles. The van der Waals surface area contributed by atoms with Gasteiger partial charge >= 0.3 is 29.8 Å². The van der Waals surface area contributed by atoms with Gasteiger partial charge in [0, 0.05) is 62.9 Å². The zero-order valence-electron chi connectivity index (χ0n) is 79.9. The van der Waals surface area contributed by atoms with E-state index in [1.54, 1.807) is 71.9 Å². The molecule has 0 radical (unpaired) electrons. The fourth-order valence-electron chi connectivity index (χ4n) is 17.3. The number of nitrogens with zero attached hydrogens (tertiary/aromatic N) is 23. The predicted molar refractivity (Wildman–Crippen MR) is 522 cm³/mol. The minimum atomic E-state index is -0.382. The normalized spacial score (nSPS) is 15.3. The van der Waals surface area contributed by atoms with Crippen LogP contribution in [0.3, 0.4) is 0 Å². The Morgan fingerprint density at radius 1 is 0.371 bits per heavy atom. The maximum atomic E-state index is 13.1. The summed E-state index contributed by atoms with van der Waals surface area (Å²) < 4.78 is 49.3. The first-order valence-electron chi connectivity index (χ1n) is 48.1. The van der Waals surface area contributed by atoms with Crippen LogP contribution in [-0.4, -0.2) is 264 Å². The van der Waals surface area contributed by atoms with Crippen LogP contribution in [-0.2, 0) is 99.4 Å². The number of unbranched alkanes of at least 4 members (excludes halogenated alkanes) is 1. The first-order chi connectivity index (χ1) is 68.2. The van der Waals surface area contributed by atoms with Gasteiger partial charge < -0.3 is 92.2 Å². The predicted octanol–water partition coefficient (Wildman–Crippen LogP) is 10.6. The van der Waals surface area contributed by atoms with E-state index in [-0.39, 0.29) is 121 Å². The van der Waals surface area contributed by atoms with Crippen LogP contribution in [0.15, 0.2) is 80.2 Å². The molecule has 45 nitrogen and oxygen atoms in total. The molecule has 46 heteroatoms. The first kappa shape index (κ1) is 102. The number of rotatable bonds is 30. The van der Waals surface area contributed by atoms with Gasteiger partial charge in [-0.3, -0.25) is 54.3 Å². The zero-order valence-corrected chi connectivity index (χ0v) is 80.6. The summed E-state index contributed by atoms with van der Waals surface area (Å²) in [7, 11) is 0. The average molecular weight is 1950 g/mol. The number of morpholine rings is 3. The molecule has 6 aliphatic rings. The van der Waals surface area contributed by atoms with Crippen molar-refractivity contribution in [3.63, 3.8) is 0 Å². The maximum Gasteiger partial charge on any atom is 0.326 e. The summed E-state index contributed by atoms with van der Waals surface area (Å²) in [6.07, 6.45) is 27.3. The van der Waals surface area contributed by atoms with Crippen molar-refractivity contribution >= 4 is 168 Å². The lowest BCUT2D eigenvalue weighted by molar-refractivity contribution is -0.144. The Hall–Kier alpha value is -14.1. The molecule has 3 amide bonds. The highest BCUT2D eigenvalue weighted by Crippen LogP contribution is 2.37. The minimum Gasteiger partial charge on any atom is -0.465 e. The molecule has 3 saturated carbocycles. The molecule has 3 saturated heterocycles. The molecule has 3 aliphatic carbocycles. The second-order valence-electron chi connectivity index (χ2n) is 33.9. The Balaban J connectivity index is 0.000000142. The van der Waals surface area contributed by atoms with E-state index >= 15 is 0 Å². The summed E-state index contributed by atoms with van der Waals surface area (Å²) in [6, 6.07) is 15.7. The van der Waals surface area contributed by atoms with Gasteiger partial charge in [-0.2, -0.15) is 49.8 Å². The molecule has 2 aromatic carbocycles. The molecule has 13 heterocycles. The Morgan fingerprint density at radius 2 is 0.686 bits per heavy atom. The highest BCUT2D eigenvalue weighted by molar-refractivity contribution is 6.33. The van der Waals surface area contributed by atoms with Gasteiger partial charge in [-0.15, -0.1) is 0 Å². The number of esters is 5. The third kappa shape index (κ3) is 27.1. The van der Waals surface area contributed by atoms with Gasteiger partial charge in [0.2, 0.25) is 35.6 Å². The van der Waals surface area contributed by atoms with Crippen LogP contribution in [0.2, 0.25) is 5.15 Å². The summed E-state index contributed by atoms with van der Waals surface area (Å²) in [6.45, 7) is 20.9. The standard InChI is InChI=1S/C26H32N6O4.C26H34N6O3.C20H28N6O4.C13H18N6O3.C9H10ClN5O2/c1-2-36-21(33)16-32-17-27-22-23(31-12-14-35-15-13-31)28-26(29-24(22)32)30-25(34)20-10-8-19(9-11-20)18-6-4-3-5-7-18;1-3-5-15-27-23-22-24(32(17-28-22)16-21(33)35-4-2)30-26(29-23)31-25(34)20-13-11-19(12-14-20)18-9-7-6-8-10-18;1-2-30-15(27)12-26-13-21-16-17(25-8-10-29-11-9-25)22-20(23-18(16)26)24-19(28)14-6-4-3-5-7-14;1-2-22-9(20)7-19-8-15-10-11(16-13(14)17-12(10)19)18-3-5-21-6-4-18;1-2-17-5(16)3-15-4-12-6-7(10)13-9(11)14-8(6)15/h8-11,17-18H,2-7,12-16H2,1H3,(H,28,29,30,34);11-14,17-18H,3-10,15-16H2,1-2H3,(H2,27,29,30,31,34);13-14H,2-12H2,1H3,(H,22,23,24,28);8H,2-7H2,1H3,(H2,14,16,17);4H,2-3H2,1H3,(H2,11,13,14). The van der Waals surface area contributed by atoms with Crippen LogP contribution in [0.5, 0.6) is 0 Å².